The van der Waals surface area contributed by atoms with E-state index in [0.717, 1.165) is 5.56 Å². The quantitative estimate of drug-likeness (QED) is 0.658. The smallest absolute Gasteiger partial charge is 0.230 e. The lowest BCUT2D eigenvalue weighted by Gasteiger charge is -1.91. The van der Waals surface area contributed by atoms with Crippen LogP contribution in [0.3, 0.4) is 0 Å². The Morgan fingerprint density at radius 1 is 1.53 bits per heavy atom. The number of H-pyrrole nitrogens is 1. The first-order chi connectivity index (χ1) is 7.24. The van der Waals surface area contributed by atoms with Crippen LogP contribution < -0.4 is 0 Å². The van der Waals surface area contributed by atoms with Crippen molar-refractivity contribution < 1.29 is 0 Å². The maximum atomic E-state index is 5.83. The molecule has 15 heavy (non-hydrogen) atoms. The summed E-state index contributed by atoms with van der Waals surface area (Å²) in [5.74, 6) is 0. The summed E-state index contributed by atoms with van der Waals surface area (Å²) in [5.41, 5.74) is 0.934. The number of hydrogen-bond acceptors (Lipinski definition) is 4. The summed E-state index contributed by atoms with van der Waals surface area (Å²) in [5, 5.41) is 7.87. The molecule has 1 aromatic heterocycles. The predicted molar refractivity (Wildman–Crippen MR) is 66.0 cm³/mol. The monoisotopic (exact) mass is 255 g/mol. The Labute approximate surface area is 100 Å². The molecule has 0 aliphatic heterocycles. The number of benzene rings is 1. The van der Waals surface area contributed by atoms with E-state index < -0.39 is 0 Å². The lowest BCUT2D eigenvalue weighted by Crippen LogP contribution is -1.78. The van der Waals surface area contributed by atoms with Gasteiger partial charge in [-0.3, -0.25) is 5.10 Å². The van der Waals surface area contributed by atoms with Crippen molar-refractivity contribution in [3.05, 3.63) is 38.8 Å². The van der Waals surface area contributed by atoms with E-state index in [1.165, 1.54) is 11.3 Å². The molecule has 0 saturated heterocycles. The van der Waals surface area contributed by atoms with Crippen LogP contribution in [0.15, 0.2) is 29.3 Å². The standard InChI is InChI=1S/C9H6ClN3S2/c10-7-3-1-2-6(4-7)5-11-8-12-13-9(14)15-8/h1-5H,(H,13,14)/b11-5+. The van der Waals surface area contributed by atoms with Gasteiger partial charge in [-0.25, -0.2) is 4.99 Å². The highest BCUT2D eigenvalue weighted by Gasteiger charge is 1.93. The lowest BCUT2D eigenvalue weighted by molar-refractivity contribution is 1.07. The van der Waals surface area contributed by atoms with Crippen LogP contribution in [0.2, 0.25) is 5.02 Å². The van der Waals surface area contributed by atoms with Gasteiger partial charge in [-0.2, -0.15) is 0 Å². The fourth-order valence-electron chi connectivity index (χ4n) is 0.994. The topological polar surface area (TPSA) is 41.0 Å². The minimum Gasteiger partial charge on any atom is -0.256 e. The van der Waals surface area contributed by atoms with Gasteiger partial charge in [0.15, 0.2) is 3.95 Å². The summed E-state index contributed by atoms with van der Waals surface area (Å²) in [6.45, 7) is 0. The Kier molecular flexibility index (Phi) is 3.25. The van der Waals surface area contributed by atoms with Crippen LogP contribution in [0, 0.1) is 3.95 Å². The van der Waals surface area contributed by atoms with E-state index in [0.29, 0.717) is 14.1 Å². The SMILES string of the molecule is S=c1[nH]nc(/N=C/c2cccc(Cl)c2)s1. The van der Waals surface area contributed by atoms with Gasteiger partial charge in [0.2, 0.25) is 5.13 Å². The molecule has 1 N–H and O–H groups in total. The number of aromatic amines is 1. The Balaban J connectivity index is 2.21. The number of nitrogens with zero attached hydrogens (tertiary/aromatic N) is 2. The van der Waals surface area contributed by atoms with Crippen molar-refractivity contribution in [2.75, 3.05) is 0 Å². The minimum absolute atomic E-state index is 0.611. The van der Waals surface area contributed by atoms with Crippen LogP contribution in [-0.2, 0) is 0 Å². The first-order valence-electron chi connectivity index (χ1n) is 4.09. The maximum absolute atomic E-state index is 5.83. The van der Waals surface area contributed by atoms with Crippen LogP contribution in [-0.4, -0.2) is 16.4 Å². The molecule has 0 spiro atoms. The lowest BCUT2D eigenvalue weighted by atomic mass is 10.2. The van der Waals surface area contributed by atoms with Gasteiger partial charge in [-0.1, -0.05) is 35.1 Å². The molecule has 0 bridgehead atoms. The zero-order chi connectivity index (χ0) is 10.7. The third kappa shape index (κ3) is 2.95. The zero-order valence-electron chi connectivity index (χ0n) is 7.48. The fourth-order valence-corrected chi connectivity index (χ4v) is 1.92. The average Bonchev–Trinajstić information content (AvgIpc) is 2.62. The van der Waals surface area contributed by atoms with Crippen LogP contribution >= 0.6 is 35.2 Å². The highest BCUT2D eigenvalue weighted by atomic mass is 35.5. The van der Waals surface area contributed by atoms with Gasteiger partial charge in [0.1, 0.15) is 0 Å². The average molecular weight is 256 g/mol. The third-order valence-corrected chi connectivity index (χ3v) is 2.83. The van der Waals surface area contributed by atoms with E-state index in [4.69, 9.17) is 23.8 Å². The van der Waals surface area contributed by atoms with Crippen LogP contribution in [0.1, 0.15) is 5.56 Å². The minimum atomic E-state index is 0.611. The Morgan fingerprint density at radius 3 is 3.07 bits per heavy atom. The second-order valence-electron chi connectivity index (χ2n) is 2.71. The van der Waals surface area contributed by atoms with E-state index in [-0.39, 0.29) is 0 Å². The van der Waals surface area contributed by atoms with E-state index in [1.807, 2.05) is 24.3 Å². The predicted octanol–water partition coefficient (Wildman–Crippen LogP) is 3.60. The Hall–Kier alpha value is -1.04. The zero-order valence-corrected chi connectivity index (χ0v) is 9.86. The number of nitrogens with one attached hydrogen (secondary N) is 1. The molecule has 0 aliphatic rings. The normalized spacial score (nSPS) is 11.0. The van der Waals surface area contributed by atoms with Crippen molar-refractivity contribution in [3.63, 3.8) is 0 Å². The molecule has 6 heteroatoms. The molecule has 2 rings (SSSR count). The van der Waals surface area contributed by atoms with Gasteiger partial charge in [-0.05, 0) is 29.9 Å². The molecule has 3 nitrogen and oxygen atoms in total. The highest BCUT2D eigenvalue weighted by Crippen LogP contribution is 2.15. The van der Waals surface area contributed by atoms with Crippen molar-refractivity contribution >= 4 is 46.5 Å². The van der Waals surface area contributed by atoms with E-state index in [9.17, 15) is 0 Å². The van der Waals surface area contributed by atoms with Crippen LogP contribution in [0.5, 0.6) is 0 Å². The number of halogens is 1. The fraction of sp³-hybridized carbons (Fsp3) is 0. The summed E-state index contributed by atoms with van der Waals surface area (Å²) in [6, 6.07) is 7.44. The van der Waals surface area contributed by atoms with Crippen molar-refractivity contribution in [2.24, 2.45) is 4.99 Å². The molecule has 1 heterocycles. The van der Waals surface area contributed by atoms with Crippen molar-refractivity contribution in [1.29, 1.82) is 0 Å². The first-order valence-corrected chi connectivity index (χ1v) is 5.69. The first kappa shape index (κ1) is 10.5. The number of aromatic nitrogens is 2. The van der Waals surface area contributed by atoms with Gasteiger partial charge >= 0.3 is 0 Å². The second kappa shape index (κ2) is 4.65. The molecule has 2 aromatic rings. The molecular weight excluding hydrogens is 250 g/mol. The molecule has 0 fully saturated rings. The van der Waals surface area contributed by atoms with Crippen LogP contribution in [0.25, 0.3) is 0 Å². The van der Waals surface area contributed by atoms with Gasteiger partial charge in [0.05, 0.1) is 0 Å². The van der Waals surface area contributed by atoms with Gasteiger partial charge in [-0.15, -0.1) is 5.10 Å². The van der Waals surface area contributed by atoms with Crippen molar-refractivity contribution in [2.45, 2.75) is 0 Å². The summed E-state index contributed by atoms with van der Waals surface area (Å²) in [7, 11) is 0. The van der Waals surface area contributed by atoms with Crippen LogP contribution in [0.4, 0.5) is 5.13 Å². The number of rotatable bonds is 2. The van der Waals surface area contributed by atoms with E-state index in [1.54, 1.807) is 6.21 Å². The van der Waals surface area contributed by atoms with Gasteiger partial charge in [0.25, 0.3) is 0 Å². The molecule has 0 amide bonds. The molecule has 0 atom stereocenters. The molecule has 1 aromatic carbocycles. The van der Waals surface area contributed by atoms with Gasteiger partial charge in [0, 0.05) is 11.2 Å². The molecule has 0 unspecified atom stereocenters. The third-order valence-electron chi connectivity index (χ3n) is 1.60. The molecule has 0 aliphatic carbocycles. The summed E-state index contributed by atoms with van der Waals surface area (Å²) in [6.07, 6.45) is 1.70. The Morgan fingerprint density at radius 2 is 2.40 bits per heavy atom. The Bertz CT molecular complexity index is 544. The molecule has 0 saturated carbocycles. The maximum Gasteiger partial charge on any atom is 0.230 e. The van der Waals surface area contributed by atoms with Crippen molar-refractivity contribution in [1.82, 2.24) is 10.2 Å². The molecular formula is C9H6ClN3S2. The molecule has 0 radical (unpaired) electrons. The summed E-state index contributed by atoms with van der Waals surface area (Å²) in [4.78, 5) is 4.16. The highest BCUT2D eigenvalue weighted by molar-refractivity contribution is 7.73. The second-order valence-corrected chi connectivity index (χ2v) is 4.79. The van der Waals surface area contributed by atoms with E-state index in [2.05, 4.69) is 15.2 Å². The van der Waals surface area contributed by atoms with E-state index >= 15 is 0 Å². The largest absolute Gasteiger partial charge is 0.256 e. The molecule has 76 valence electrons. The van der Waals surface area contributed by atoms with Crippen molar-refractivity contribution in [3.8, 4) is 0 Å². The summed E-state index contributed by atoms with van der Waals surface area (Å²) < 4.78 is 0.619. The van der Waals surface area contributed by atoms with Gasteiger partial charge < -0.3 is 0 Å². The number of hydrogen-bond donors (Lipinski definition) is 1. The summed E-state index contributed by atoms with van der Waals surface area (Å²) >= 11 is 12.1. The number of aliphatic imine (C=N–C) groups is 1.